The number of carbonyl (C=O) groups is 1. The Morgan fingerprint density at radius 3 is 2.74 bits per heavy atom. The maximum Gasteiger partial charge on any atom is 0.310 e. The van der Waals surface area contributed by atoms with Gasteiger partial charge < -0.3 is 4.74 Å². The van der Waals surface area contributed by atoms with Gasteiger partial charge in [0.2, 0.25) is 0 Å². The van der Waals surface area contributed by atoms with Crippen LogP contribution in [0.2, 0.25) is 0 Å². The van der Waals surface area contributed by atoms with Gasteiger partial charge in [-0.15, -0.1) is 6.58 Å². The molecule has 3 saturated heterocycles. The van der Waals surface area contributed by atoms with Crippen LogP contribution in [0.1, 0.15) is 30.1 Å². The van der Waals surface area contributed by atoms with Crippen molar-refractivity contribution < 1.29 is 9.53 Å². The second kappa shape index (κ2) is 8.64. The minimum Gasteiger partial charge on any atom is -0.456 e. The molecule has 3 aliphatic heterocycles. The van der Waals surface area contributed by atoms with E-state index in [9.17, 15) is 4.79 Å². The SMILES string of the molecule is C=CC1CN2CC[C@H]1CC2C(OC(=O)Cc1ccccc1)c1ccnc2ccccc12. The van der Waals surface area contributed by atoms with E-state index in [1.165, 1.54) is 6.42 Å². The van der Waals surface area contributed by atoms with Crippen molar-refractivity contribution in [3.8, 4) is 0 Å². The monoisotopic (exact) mass is 412 g/mol. The van der Waals surface area contributed by atoms with Gasteiger partial charge in [-0.1, -0.05) is 54.6 Å². The third-order valence-electron chi connectivity index (χ3n) is 6.94. The summed E-state index contributed by atoms with van der Waals surface area (Å²) in [5.41, 5.74) is 2.96. The molecule has 0 aliphatic carbocycles. The Balaban J connectivity index is 1.48. The number of para-hydroxylation sites is 1. The molecule has 4 unspecified atom stereocenters. The van der Waals surface area contributed by atoms with Crippen molar-refractivity contribution in [2.75, 3.05) is 13.1 Å². The first-order valence-corrected chi connectivity index (χ1v) is 11.2. The Labute approximate surface area is 183 Å². The molecule has 3 fully saturated rings. The number of benzene rings is 2. The standard InChI is InChI=1S/C27H28N2O2/c1-2-20-18-29-15-13-21(20)17-25(29)27(31-26(30)16-19-8-4-3-5-9-19)23-12-14-28-24-11-7-6-10-22(23)24/h2-12,14,20-21,25,27H,1,13,15-18H2/t20?,21-,25?,27?/m0/s1. The molecule has 0 radical (unpaired) electrons. The van der Waals surface area contributed by atoms with E-state index in [4.69, 9.17) is 4.74 Å². The molecule has 31 heavy (non-hydrogen) atoms. The zero-order chi connectivity index (χ0) is 21.2. The van der Waals surface area contributed by atoms with Crippen molar-refractivity contribution in [1.29, 1.82) is 0 Å². The number of pyridine rings is 1. The van der Waals surface area contributed by atoms with Gasteiger partial charge >= 0.3 is 5.97 Å². The average molecular weight is 413 g/mol. The summed E-state index contributed by atoms with van der Waals surface area (Å²) in [6.45, 7) is 6.09. The molecule has 158 valence electrons. The van der Waals surface area contributed by atoms with Crippen molar-refractivity contribution in [2.24, 2.45) is 11.8 Å². The summed E-state index contributed by atoms with van der Waals surface area (Å²) in [7, 11) is 0. The molecule has 3 aromatic rings. The van der Waals surface area contributed by atoms with Crippen LogP contribution >= 0.6 is 0 Å². The van der Waals surface area contributed by atoms with E-state index in [0.29, 0.717) is 11.8 Å². The van der Waals surface area contributed by atoms with Crippen LogP contribution in [0.3, 0.4) is 0 Å². The van der Waals surface area contributed by atoms with Crippen molar-refractivity contribution in [2.45, 2.75) is 31.4 Å². The Morgan fingerprint density at radius 1 is 1.16 bits per heavy atom. The number of fused-ring (bicyclic) bond motifs is 4. The predicted octanol–water partition coefficient (Wildman–Crippen LogP) is 4.96. The fourth-order valence-electron chi connectivity index (χ4n) is 5.35. The molecule has 4 heterocycles. The lowest BCUT2D eigenvalue weighted by Crippen LogP contribution is -2.55. The van der Waals surface area contributed by atoms with E-state index in [2.05, 4.69) is 28.6 Å². The fourth-order valence-corrected chi connectivity index (χ4v) is 5.35. The smallest absolute Gasteiger partial charge is 0.310 e. The van der Waals surface area contributed by atoms with Crippen LogP contribution in [0.25, 0.3) is 10.9 Å². The molecule has 5 atom stereocenters. The summed E-state index contributed by atoms with van der Waals surface area (Å²) >= 11 is 0. The van der Waals surface area contributed by atoms with Crippen LogP contribution in [0.4, 0.5) is 0 Å². The third-order valence-corrected chi connectivity index (χ3v) is 6.94. The fraction of sp³-hybridized carbons (Fsp3) is 0.333. The van der Waals surface area contributed by atoms with Gasteiger partial charge in [0.1, 0.15) is 6.10 Å². The number of aromatic nitrogens is 1. The molecule has 0 saturated carbocycles. The molecule has 1 aromatic heterocycles. The van der Waals surface area contributed by atoms with E-state index in [-0.39, 0.29) is 24.5 Å². The number of esters is 1. The van der Waals surface area contributed by atoms with E-state index < -0.39 is 0 Å². The third kappa shape index (κ3) is 4.00. The van der Waals surface area contributed by atoms with Crippen LogP contribution in [-0.2, 0) is 16.0 Å². The van der Waals surface area contributed by atoms with Crippen LogP contribution in [-0.4, -0.2) is 35.0 Å². The second-order valence-electron chi connectivity index (χ2n) is 8.74. The molecule has 3 aliphatic rings. The minimum atomic E-state index is -0.308. The second-order valence-corrected chi connectivity index (χ2v) is 8.74. The average Bonchev–Trinajstić information content (AvgIpc) is 2.83. The summed E-state index contributed by atoms with van der Waals surface area (Å²) < 4.78 is 6.28. The summed E-state index contributed by atoms with van der Waals surface area (Å²) in [6.07, 6.45) is 6.12. The highest BCUT2D eigenvalue weighted by atomic mass is 16.5. The van der Waals surface area contributed by atoms with E-state index >= 15 is 0 Å². The first-order chi connectivity index (χ1) is 15.2. The van der Waals surface area contributed by atoms with Crippen LogP contribution in [0.15, 0.2) is 79.5 Å². The summed E-state index contributed by atoms with van der Waals surface area (Å²) in [6, 6.07) is 20.1. The Bertz CT molecular complexity index is 1080. The minimum absolute atomic E-state index is 0.181. The lowest BCUT2D eigenvalue weighted by atomic mass is 9.73. The Kier molecular flexibility index (Phi) is 5.56. The molecule has 0 spiro atoms. The summed E-state index contributed by atoms with van der Waals surface area (Å²) in [4.78, 5) is 20.1. The van der Waals surface area contributed by atoms with Crippen LogP contribution in [0, 0.1) is 11.8 Å². The number of rotatable bonds is 6. The highest BCUT2D eigenvalue weighted by Crippen LogP contribution is 2.43. The van der Waals surface area contributed by atoms with Gasteiger partial charge in [0.05, 0.1) is 18.0 Å². The van der Waals surface area contributed by atoms with Crippen LogP contribution < -0.4 is 0 Å². The molecule has 0 amide bonds. The molecule has 2 aromatic carbocycles. The Morgan fingerprint density at radius 2 is 1.97 bits per heavy atom. The topological polar surface area (TPSA) is 42.4 Å². The van der Waals surface area contributed by atoms with Gasteiger partial charge in [0, 0.05) is 23.7 Å². The van der Waals surface area contributed by atoms with Gasteiger partial charge in [-0.25, -0.2) is 0 Å². The molecule has 4 nitrogen and oxygen atoms in total. The van der Waals surface area contributed by atoms with Gasteiger partial charge in [0.15, 0.2) is 0 Å². The molecule has 4 heteroatoms. The lowest BCUT2D eigenvalue weighted by molar-refractivity contribution is -0.156. The quantitative estimate of drug-likeness (QED) is 0.424. The van der Waals surface area contributed by atoms with Gasteiger partial charge in [-0.05, 0) is 48.9 Å². The van der Waals surface area contributed by atoms with E-state index in [1.807, 2.05) is 60.8 Å². The molecular formula is C27H28N2O2. The van der Waals surface area contributed by atoms with Crippen molar-refractivity contribution in [1.82, 2.24) is 9.88 Å². The maximum atomic E-state index is 13.0. The number of hydrogen-bond acceptors (Lipinski definition) is 4. The summed E-state index contributed by atoms with van der Waals surface area (Å²) in [5.74, 6) is 0.954. The largest absolute Gasteiger partial charge is 0.456 e. The first kappa shape index (κ1) is 20.0. The van der Waals surface area contributed by atoms with Gasteiger partial charge in [0.25, 0.3) is 0 Å². The van der Waals surface area contributed by atoms with Crippen molar-refractivity contribution in [3.63, 3.8) is 0 Å². The zero-order valence-electron chi connectivity index (χ0n) is 17.7. The number of nitrogens with zero attached hydrogens (tertiary/aromatic N) is 2. The lowest BCUT2D eigenvalue weighted by Gasteiger charge is -2.51. The van der Waals surface area contributed by atoms with E-state index in [0.717, 1.165) is 41.5 Å². The van der Waals surface area contributed by atoms with Gasteiger partial charge in [-0.3, -0.25) is 14.7 Å². The van der Waals surface area contributed by atoms with E-state index in [1.54, 1.807) is 0 Å². The molecule has 0 N–H and O–H groups in total. The van der Waals surface area contributed by atoms with Crippen molar-refractivity contribution in [3.05, 3.63) is 90.6 Å². The van der Waals surface area contributed by atoms with Crippen LogP contribution in [0.5, 0.6) is 0 Å². The molecule has 2 bridgehead atoms. The number of carbonyl (C=O) groups excluding carboxylic acids is 1. The predicted molar refractivity (Wildman–Crippen MR) is 122 cm³/mol. The maximum absolute atomic E-state index is 13.0. The zero-order valence-corrected chi connectivity index (χ0v) is 17.7. The number of hydrogen-bond donors (Lipinski definition) is 0. The van der Waals surface area contributed by atoms with Crippen molar-refractivity contribution >= 4 is 16.9 Å². The number of piperidine rings is 3. The highest BCUT2D eigenvalue weighted by molar-refractivity contribution is 5.83. The van der Waals surface area contributed by atoms with Gasteiger partial charge in [-0.2, -0.15) is 0 Å². The number of ether oxygens (including phenoxy) is 1. The highest BCUT2D eigenvalue weighted by Gasteiger charge is 2.44. The summed E-state index contributed by atoms with van der Waals surface area (Å²) in [5, 5.41) is 1.06. The Hall–Kier alpha value is -2.98. The molecular weight excluding hydrogens is 384 g/mol. The first-order valence-electron chi connectivity index (χ1n) is 11.2. The normalized spacial score (nSPS) is 25.8. The molecule has 6 rings (SSSR count).